The van der Waals surface area contributed by atoms with Gasteiger partial charge in [-0.25, -0.2) is 0 Å². The third-order valence-electron chi connectivity index (χ3n) is 4.36. The molecule has 0 saturated carbocycles. The number of aldehydes is 1. The lowest BCUT2D eigenvalue weighted by Crippen LogP contribution is -1.86. The molecule has 0 radical (unpaired) electrons. The van der Waals surface area contributed by atoms with Gasteiger partial charge in [0.25, 0.3) is 0 Å². The Morgan fingerprint density at radius 1 is 0.750 bits per heavy atom. The van der Waals surface area contributed by atoms with Gasteiger partial charge in [-0.15, -0.1) is 0 Å². The summed E-state index contributed by atoms with van der Waals surface area (Å²) in [5.74, 6) is 0.378. The highest BCUT2D eigenvalue weighted by Crippen LogP contribution is 2.15. The molecular formula is C22H34O2. The van der Waals surface area contributed by atoms with Crippen LogP contribution in [0.3, 0.4) is 0 Å². The largest absolute Gasteiger partial charge is 0.508 e. The summed E-state index contributed by atoms with van der Waals surface area (Å²) in [6, 6.07) is 7.62. The average Bonchev–Trinajstić information content (AvgIpc) is 2.58. The standard InChI is InChI=1S/C22H34O2/c23-19-14-12-10-8-6-4-2-1-3-5-7-9-11-13-16-21-17-15-18-22(24)20-21/h6,8,15,17-20,24H,1-5,7,9-14,16H2/b8-6+. The van der Waals surface area contributed by atoms with Crippen molar-refractivity contribution < 1.29 is 9.90 Å². The molecule has 0 aliphatic rings. The second-order valence-corrected chi connectivity index (χ2v) is 6.61. The van der Waals surface area contributed by atoms with Gasteiger partial charge in [-0.1, -0.05) is 62.8 Å². The number of carbonyl (C=O) groups excluding carboxylic acids is 1. The zero-order valence-electron chi connectivity index (χ0n) is 15.1. The Hall–Kier alpha value is -1.57. The Labute approximate surface area is 148 Å². The Bertz CT molecular complexity index is 451. The highest BCUT2D eigenvalue weighted by molar-refractivity contribution is 5.49. The zero-order chi connectivity index (χ0) is 17.3. The first-order valence-electron chi connectivity index (χ1n) is 9.69. The molecule has 0 heterocycles. The summed E-state index contributed by atoms with van der Waals surface area (Å²) in [6.45, 7) is 0. The van der Waals surface area contributed by atoms with Crippen LogP contribution in [0.5, 0.6) is 5.75 Å². The van der Waals surface area contributed by atoms with Crippen molar-refractivity contribution in [3.8, 4) is 5.75 Å². The molecule has 24 heavy (non-hydrogen) atoms. The normalized spacial score (nSPS) is 11.2. The summed E-state index contributed by atoms with van der Waals surface area (Å²) in [5.41, 5.74) is 1.24. The summed E-state index contributed by atoms with van der Waals surface area (Å²) in [5, 5.41) is 9.42. The number of phenols is 1. The van der Waals surface area contributed by atoms with Crippen molar-refractivity contribution in [2.45, 2.75) is 83.5 Å². The molecule has 0 bridgehead atoms. The van der Waals surface area contributed by atoms with E-state index >= 15 is 0 Å². The second-order valence-electron chi connectivity index (χ2n) is 6.61. The number of rotatable bonds is 15. The van der Waals surface area contributed by atoms with Gasteiger partial charge in [0.05, 0.1) is 0 Å². The highest BCUT2D eigenvalue weighted by Gasteiger charge is 1.96. The maximum Gasteiger partial charge on any atom is 0.120 e. The molecule has 0 amide bonds. The van der Waals surface area contributed by atoms with Gasteiger partial charge in [0.1, 0.15) is 12.0 Å². The van der Waals surface area contributed by atoms with E-state index in [0.29, 0.717) is 12.2 Å². The van der Waals surface area contributed by atoms with E-state index in [-0.39, 0.29) is 0 Å². The SMILES string of the molecule is O=CCCC/C=C/CCCCCCCCCCc1cccc(O)c1. The number of carbonyl (C=O) groups is 1. The number of benzene rings is 1. The van der Waals surface area contributed by atoms with Crippen LogP contribution in [0.4, 0.5) is 0 Å². The van der Waals surface area contributed by atoms with Gasteiger partial charge in [0.2, 0.25) is 0 Å². The molecule has 0 fully saturated rings. The van der Waals surface area contributed by atoms with Gasteiger partial charge in [-0.05, 0) is 56.2 Å². The smallest absolute Gasteiger partial charge is 0.120 e. The molecule has 0 unspecified atom stereocenters. The van der Waals surface area contributed by atoms with Gasteiger partial charge >= 0.3 is 0 Å². The Morgan fingerprint density at radius 3 is 2.04 bits per heavy atom. The monoisotopic (exact) mass is 330 g/mol. The first-order valence-corrected chi connectivity index (χ1v) is 9.69. The van der Waals surface area contributed by atoms with E-state index in [1.807, 2.05) is 12.1 Å². The Morgan fingerprint density at radius 2 is 1.38 bits per heavy atom. The maximum atomic E-state index is 10.2. The topological polar surface area (TPSA) is 37.3 Å². The molecular weight excluding hydrogens is 296 g/mol. The van der Waals surface area contributed by atoms with Gasteiger partial charge in [0.15, 0.2) is 0 Å². The van der Waals surface area contributed by atoms with Crippen LogP contribution in [-0.4, -0.2) is 11.4 Å². The molecule has 0 aliphatic carbocycles. The van der Waals surface area contributed by atoms with Crippen molar-refractivity contribution in [2.24, 2.45) is 0 Å². The van der Waals surface area contributed by atoms with E-state index in [1.165, 1.54) is 63.4 Å². The van der Waals surface area contributed by atoms with Crippen LogP contribution in [0.15, 0.2) is 36.4 Å². The van der Waals surface area contributed by atoms with Crippen LogP contribution >= 0.6 is 0 Å². The van der Waals surface area contributed by atoms with Crippen LogP contribution in [0, 0.1) is 0 Å². The molecule has 134 valence electrons. The number of unbranched alkanes of at least 4 members (excludes halogenated alkanes) is 10. The van der Waals surface area contributed by atoms with Crippen molar-refractivity contribution in [2.75, 3.05) is 0 Å². The van der Waals surface area contributed by atoms with E-state index in [4.69, 9.17) is 0 Å². The Balaban J connectivity index is 1.81. The molecule has 0 aromatic heterocycles. The molecule has 1 rings (SSSR count). The first-order chi connectivity index (χ1) is 11.8. The lowest BCUT2D eigenvalue weighted by molar-refractivity contribution is -0.107. The first kappa shape index (κ1) is 20.5. The minimum atomic E-state index is 0.378. The minimum Gasteiger partial charge on any atom is -0.508 e. The summed E-state index contributed by atoms with van der Waals surface area (Å²) < 4.78 is 0. The molecule has 2 heteroatoms. The fraction of sp³-hybridized carbons (Fsp3) is 0.591. The van der Waals surface area contributed by atoms with Gasteiger partial charge < -0.3 is 9.90 Å². The molecule has 1 aromatic carbocycles. The maximum absolute atomic E-state index is 10.2. The third kappa shape index (κ3) is 11.9. The van der Waals surface area contributed by atoms with E-state index in [0.717, 1.165) is 25.5 Å². The number of aromatic hydroxyl groups is 1. The number of aryl methyl sites for hydroxylation is 1. The predicted octanol–water partition coefficient (Wildman–Crippen LogP) is 6.37. The lowest BCUT2D eigenvalue weighted by atomic mass is 10.0. The summed E-state index contributed by atoms with van der Waals surface area (Å²) in [6.07, 6.45) is 21.0. The summed E-state index contributed by atoms with van der Waals surface area (Å²) in [4.78, 5) is 10.2. The van der Waals surface area contributed by atoms with Crippen LogP contribution in [-0.2, 0) is 11.2 Å². The zero-order valence-corrected chi connectivity index (χ0v) is 15.1. The van der Waals surface area contributed by atoms with Crippen molar-refractivity contribution in [1.82, 2.24) is 0 Å². The molecule has 0 aliphatic heterocycles. The predicted molar refractivity (Wildman–Crippen MR) is 102 cm³/mol. The molecule has 0 saturated heterocycles. The number of allylic oxidation sites excluding steroid dienone is 2. The Kier molecular flexibility index (Phi) is 12.8. The van der Waals surface area contributed by atoms with Gasteiger partial charge in [-0.3, -0.25) is 0 Å². The fourth-order valence-electron chi connectivity index (χ4n) is 2.92. The van der Waals surface area contributed by atoms with E-state index in [9.17, 15) is 9.90 Å². The second kappa shape index (κ2) is 15.0. The van der Waals surface area contributed by atoms with Crippen molar-refractivity contribution in [3.05, 3.63) is 42.0 Å². The van der Waals surface area contributed by atoms with Crippen LogP contribution in [0.2, 0.25) is 0 Å². The number of phenolic OH excluding ortho intramolecular Hbond substituents is 1. The summed E-state index contributed by atoms with van der Waals surface area (Å²) in [7, 11) is 0. The summed E-state index contributed by atoms with van der Waals surface area (Å²) >= 11 is 0. The van der Waals surface area contributed by atoms with Gasteiger partial charge in [0, 0.05) is 6.42 Å². The highest BCUT2D eigenvalue weighted by atomic mass is 16.3. The third-order valence-corrected chi connectivity index (χ3v) is 4.36. The lowest BCUT2D eigenvalue weighted by Gasteiger charge is -2.03. The molecule has 1 aromatic rings. The quantitative estimate of drug-likeness (QED) is 0.230. The molecule has 1 N–H and O–H groups in total. The fourth-order valence-corrected chi connectivity index (χ4v) is 2.92. The van der Waals surface area contributed by atoms with Crippen molar-refractivity contribution in [1.29, 1.82) is 0 Å². The van der Waals surface area contributed by atoms with Gasteiger partial charge in [-0.2, -0.15) is 0 Å². The molecule has 0 spiro atoms. The van der Waals surface area contributed by atoms with Crippen LogP contribution < -0.4 is 0 Å². The van der Waals surface area contributed by atoms with Crippen LogP contribution in [0.1, 0.15) is 82.6 Å². The number of hydrogen-bond donors (Lipinski definition) is 1. The molecule has 2 nitrogen and oxygen atoms in total. The van der Waals surface area contributed by atoms with E-state index in [2.05, 4.69) is 18.2 Å². The number of hydrogen-bond acceptors (Lipinski definition) is 2. The van der Waals surface area contributed by atoms with Crippen molar-refractivity contribution in [3.63, 3.8) is 0 Å². The van der Waals surface area contributed by atoms with E-state index < -0.39 is 0 Å². The van der Waals surface area contributed by atoms with Crippen molar-refractivity contribution >= 4 is 6.29 Å². The molecule has 0 atom stereocenters. The average molecular weight is 331 g/mol. The minimum absolute atomic E-state index is 0.378. The van der Waals surface area contributed by atoms with E-state index in [1.54, 1.807) is 6.07 Å². The van der Waals surface area contributed by atoms with Crippen LogP contribution in [0.25, 0.3) is 0 Å².